The zero-order valence-electron chi connectivity index (χ0n) is 20.7. The summed E-state index contributed by atoms with van der Waals surface area (Å²) in [5, 5.41) is 9.79. The Labute approximate surface area is 209 Å². The van der Waals surface area contributed by atoms with E-state index in [9.17, 15) is 9.59 Å². The van der Waals surface area contributed by atoms with Crippen LogP contribution in [0, 0.1) is 11.8 Å². The molecular formula is C26H41ClN4O3. The van der Waals surface area contributed by atoms with Crippen LogP contribution in [0.5, 0.6) is 0 Å². The van der Waals surface area contributed by atoms with Crippen molar-refractivity contribution in [1.82, 2.24) is 20.9 Å². The van der Waals surface area contributed by atoms with Gasteiger partial charge in [-0.1, -0.05) is 55.8 Å². The Morgan fingerprint density at radius 2 is 1.94 bits per heavy atom. The van der Waals surface area contributed by atoms with Crippen LogP contribution in [0.25, 0.3) is 0 Å². The maximum atomic E-state index is 13.3. The quantitative estimate of drug-likeness (QED) is 0.458. The van der Waals surface area contributed by atoms with Crippen molar-refractivity contribution in [2.45, 2.75) is 63.5 Å². The number of piperidine rings is 1. The van der Waals surface area contributed by atoms with Crippen molar-refractivity contribution in [3.8, 4) is 0 Å². The van der Waals surface area contributed by atoms with E-state index in [0.717, 1.165) is 37.9 Å². The molecule has 7 nitrogen and oxygen atoms in total. The zero-order valence-corrected chi connectivity index (χ0v) is 21.4. The highest BCUT2D eigenvalue weighted by molar-refractivity contribution is 6.30. The maximum Gasteiger partial charge on any atom is 0.317 e. The second-order valence-corrected chi connectivity index (χ2v) is 10.2. The summed E-state index contributed by atoms with van der Waals surface area (Å²) in [6, 6.07) is 7.73. The highest BCUT2D eigenvalue weighted by Gasteiger charge is 2.32. The van der Waals surface area contributed by atoms with Crippen molar-refractivity contribution in [2.75, 3.05) is 40.3 Å². The largest absolute Gasteiger partial charge is 0.363 e. The number of amides is 3. The Bertz CT molecular complexity index is 787. The van der Waals surface area contributed by atoms with Crippen LogP contribution in [-0.2, 0) is 9.53 Å². The molecule has 0 radical (unpaired) electrons. The molecule has 1 aliphatic carbocycles. The molecule has 3 amide bonds. The average Bonchev–Trinajstić information content (AvgIpc) is 2.85. The predicted molar refractivity (Wildman–Crippen MR) is 136 cm³/mol. The van der Waals surface area contributed by atoms with Crippen LogP contribution in [0.2, 0.25) is 5.02 Å². The van der Waals surface area contributed by atoms with Gasteiger partial charge in [-0.15, -0.1) is 0 Å². The number of likely N-dealkylation sites (N-methyl/N-ethyl adjacent to an activating group) is 2. The third-order valence-corrected chi connectivity index (χ3v) is 7.38. The number of nitrogens with one attached hydrogen (secondary N) is 3. The fourth-order valence-electron chi connectivity index (χ4n) is 5.40. The zero-order chi connectivity index (χ0) is 24.3. The molecule has 1 aromatic carbocycles. The Kier molecular flexibility index (Phi) is 10.9. The second-order valence-electron chi connectivity index (χ2n) is 9.75. The molecular weight excluding hydrogens is 452 g/mol. The first kappa shape index (κ1) is 26.8. The summed E-state index contributed by atoms with van der Waals surface area (Å²) >= 11 is 6.25. The van der Waals surface area contributed by atoms with E-state index in [1.165, 1.54) is 32.1 Å². The minimum Gasteiger partial charge on any atom is -0.363 e. The van der Waals surface area contributed by atoms with E-state index < -0.39 is 0 Å². The number of rotatable bonds is 10. The normalized spacial score (nSPS) is 21.0. The highest BCUT2D eigenvalue weighted by atomic mass is 35.5. The van der Waals surface area contributed by atoms with Crippen LogP contribution >= 0.6 is 11.6 Å². The van der Waals surface area contributed by atoms with E-state index in [1.54, 1.807) is 7.05 Å². The third kappa shape index (κ3) is 8.14. The second kappa shape index (κ2) is 13.9. The van der Waals surface area contributed by atoms with E-state index in [-0.39, 0.29) is 36.6 Å². The van der Waals surface area contributed by atoms with Gasteiger partial charge in [-0.05, 0) is 49.9 Å². The molecule has 3 N–H and O–H groups in total. The van der Waals surface area contributed by atoms with Gasteiger partial charge in [-0.3, -0.25) is 4.79 Å². The number of urea groups is 1. The Morgan fingerprint density at radius 3 is 2.65 bits per heavy atom. The van der Waals surface area contributed by atoms with Crippen LogP contribution in [0.3, 0.4) is 0 Å². The molecule has 3 atom stereocenters. The van der Waals surface area contributed by atoms with Gasteiger partial charge in [0.1, 0.15) is 6.61 Å². The molecule has 1 heterocycles. The lowest BCUT2D eigenvalue weighted by molar-refractivity contribution is -0.129. The van der Waals surface area contributed by atoms with Gasteiger partial charge in [-0.2, -0.15) is 0 Å². The average molecular weight is 493 g/mol. The first-order chi connectivity index (χ1) is 16.5. The molecule has 0 unspecified atom stereocenters. The lowest BCUT2D eigenvalue weighted by Gasteiger charge is -2.38. The smallest absolute Gasteiger partial charge is 0.317 e. The summed E-state index contributed by atoms with van der Waals surface area (Å²) in [4.78, 5) is 27.0. The van der Waals surface area contributed by atoms with E-state index in [1.807, 2.05) is 36.2 Å². The van der Waals surface area contributed by atoms with Gasteiger partial charge in [0.05, 0.1) is 6.10 Å². The molecule has 2 aliphatic rings. The summed E-state index contributed by atoms with van der Waals surface area (Å²) in [7, 11) is 3.54. The van der Waals surface area contributed by atoms with E-state index in [0.29, 0.717) is 17.5 Å². The summed E-state index contributed by atoms with van der Waals surface area (Å²) < 4.78 is 6.08. The molecule has 1 saturated heterocycles. The molecule has 1 saturated carbocycles. The first-order valence-electron chi connectivity index (χ1n) is 12.8. The van der Waals surface area contributed by atoms with Gasteiger partial charge in [0, 0.05) is 43.7 Å². The number of ether oxygens (including phenoxy) is 1. The van der Waals surface area contributed by atoms with Crippen LogP contribution in [0.4, 0.5) is 4.79 Å². The molecule has 0 bridgehead atoms. The number of nitrogens with zero attached hydrogens (tertiary/aromatic N) is 1. The Hall–Kier alpha value is -1.83. The van der Waals surface area contributed by atoms with Gasteiger partial charge >= 0.3 is 6.03 Å². The minimum atomic E-state index is -0.304. The lowest BCUT2D eigenvalue weighted by Crippen LogP contribution is -2.52. The SMILES string of the molecule is CNC[C@H](CC1CCCCC1)NC(=O)N1CCC[C@@H]([C@@H](OCC(=O)NC)c2cccc(Cl)c2)C1. The van der Waals surface area contributed by atoms with Crippen LogP contribution in [0.1, 0.15) is 63.0 Å². The summed E-state index contributed by atoms with van der Waals surface area (Å²) in [6.07, 6.45) is 9.04. The number of carbonyl (C=O) groups is 2. The van der Waals surface area contributed by atoms with Crippen molar-refractivity contribution >= 4 is 23.5 Å². The van der Waals surface area contributed by atoms with Crippen molar-refractivity contribution in [3.05, 3.63) is 34.9 Å². The van der Waals surface area contributed by atoms with Gasteiger partial charge in [-0.25, -0.2) is 4.79 Å². The summed E-state index contributed by atoms with van der Waals surface area (Å²) in [5.41, 5.74) is 0.939. The van der Waals surface area contributed by atoms with Crippen molar-refractivity contribution in [2.24, 2.45) is 11.8 Å². The molecule has 1 aliphatic heterocycles. The van der Waals surface area contributed by atoms with Crippen LogP contribution in [-0.4, -0.2) is 63.2 Å². The minimum absolute atomic E-state index is 0.00287. The molecule has 34 heavy (non-hydrogen) atoms. The Balaban J connectivity index is 1.65. The highest BCUT2D eigenvalue weighted by Crippen LogP contribution is 2.34. The topological polar surface area (TPSA) is 82.7 Å². The van der Waals surface area contributed by atoms with Gasteiger partial charge in [0.2, 0.25) is 5.91 Å². The van der Waals surface area contributed by atoms with Crippen LogP contribution < -0.4 is 16.0 Å². The van der Waals surface area contributed by atoms with E-state index in [4.69, 9.17) is 16.3 Å². The number of halogens is 1. The number of hydrogen-bond donors (Lipinski definition) is 3. The van der Waals surface area contributed by atoms with Crippen molar-refractivity contribution < 1.29 is 14.3 Å². The standard InChI is InChI=1S/C26H41ClN4O3/c1-28-16-23(14-19-8-4-3-5-9-19)30-26(33)31-13-7-11-21(17-31)25(34-18-24(32)29-2)20-10-6-12-22(27)15-20/h6,10,12,15,19,21,23,25,28H,3-5,7-9,11,13-14,16-18H2,1-2H3,(H,29,32)(H,30,33)/t21-,23+,25+/m1/s1. The Morgan fingerprint density at radius 1 is 1.15 bits per heavy atom. The molecule has 3 rings (SSSR count). The van der Waals surface area contributed by atoms with Gasteiger partial charge < -0.3 is 25.6 Å². The maximum absolute atomic E-state index is 13.3. The first-order valence-corrected chi connectivity index (χ1v) is 13.2. The summed E-state index contributed by atoms with van der Waals surface area (Å²) in [5.74, 6) is 0.616. The molecule has 1 aromatic rings. The summed E-state index contributed by atoms with van der Waals surface area (Å²) in [6.45, 7) is 2.07. The monoisotopic (exact) mass is 492 g/mol. The predicted octanol–water partition coefficient (Wildman–Crippen LogP) is 4.12. The van der Waals surface area contributed by atoms with Gasteiger partial charge in [0.25, 0.3) is 0 Å². The van der Waals surface area contributed by atoms with Crippen LogP contribution in [0.15, 0.2) is 24.3 Å². The number of carbonyl (C=O) groups excluding carboxylic acids is 2. The molecule has 190 valence electrons. The molecule has 0 spiro atoms. The number of hydrogen-bond acceptors (Lipinski definition) is 4. The van der Waals surface area contributed by atoms with E-state index in [2.05, 4.69) is 16.0 Å². The fourth-order valence-corrected chi connectivity index (χ4v) is 5.60. The van der Waals surface area contributed by atoms with Crippen molar-refractivity contribution in [3.63, 3.8) is 0 Å². The molecule has 0 aromatic heterocycles. The molecule has 8 heteroatoms. The molecule has 2 fully saturated rings. The van der Waals surface area contributed by atoms with Crippen molar-refractivity contribution in [1.29, 1.82) is 0 Å². The lowest BCUT2D eigenvalue weighted by atomic mass is 9.85. The van der Waals surface area contributed by atoms with Gasteiger partial charge in [0.15, 0.2) is 0 Å². The number of likely N-dealkylation sites (tertiary alicyclic amines) is 1. The van der Waals surface area contributed by atoms with E-state index >= 15 is 0 Å². The fraction of sp³-hybridized carbons (Fsp3) is 0.692. The third-order valence-electron chi connectivity index (χ3n) is 7.14. The number of benzene rings is 1.